The second-order valence-corrected chi connectivity index (χ2v) is 10.7. The summed E-state index contributed by atoms with van der Waals surface area (Å²) < 4.78 is 0. The lowest BCUT2D eigenvalue weighted by Crippen LogP contribution is -2.61. The maximum absolute atomic E-state index is 13.6. The molecule has 4 amide bonds. The largest absolute Gasteiger partial charge is 0.340 e. The number of urea groups is 1. The number of aryl methyl sites for hydroxylation is 1. The molecule has 1 saturated carbocycles. The maximum atomic E-state index is 13.6. The Morgan fingerprint density at radius 3 is 2.33 bits per heavy atom. The molecular weight excluding hydrogens is 452 g/mol. The zero-order valence-electron chi connectivity index (χ0n) is 22.7. The van der Waals surface area contributed by atoms with Crippen LogP contribution in [0.3, 0.4) is 0 Å². The van der Waals surface area contributed by atoms with Crippen molar-refractivity contribution in [2.75, 3.05) is 19.6 Å². The summed E-state index contributed by atoms with van der Waals surface area (Å²) >= 11 is 0. The molecule has 0 radical (unpaired) electrons. The molecule has 1 heterocycles. The van der Waals surface area contributed by atoms with Crippen LogP contribution in [0.15, 0.2) is 24.3 Å². The van der Waals surface area contributed by atoms with Gasteiger partial charge in [0.15, 0.2) is 0 Å². The summed E-state index contributed by atoms with van der Waals surface area (Å²) in [5.74, 6) is -0.265. The molecular formula is C29H46N4O3. The van der Waals surface area contributed by atoms with Crippen LogP contribution in [0.4, 0.5) is 4.79 Å². The van der Waals surface area contributed by atoms with E-state index >= 15 is 0 Å². The lowest BCUT2D eigenvalue weighted by Gasteiger charge is -2.42. The molecule has 2 aliphatic rings. The van der Waals surface area contributed by atoms with Crippen molar-refractivity contribution in [1.82, 2.24) is 20.4 Å². The monoisotopic (exact) mass is 498 g/mol. The molecule has 3 unspecified atom stereocenters. The molecule has 200 valence electrons. The molecule has 1 aliphatic carbocycles. The third-order valence-electron chi connectivity index (χ3n) is 7.93. The number of rotatable bonds is 9. The Hall–Kier alpha value is -2.57. The van der Waals surface area contributed by atoms with Crippen molar-refractivity contribution >= 4 is 17.8 Å². The quantitative estimate of drug-likeness (QED) is 0.516. The number of hydrogen-bond acceptors (Lipinski definition) is 3. The van der Waals surface area contributed by atoms with E-state index in [0.29, 0.717) is 25.2 Å². The number of carbonyl (C=O) groups excluding carboxylic acids is 3. The van der Waals surface area contributed by atoms with Gasteiger partial charge < -0.3 is 20.4 Å². The number of nitrogens with zero attached hydrogens (tertiary/aromatic N) is 2. The number of unbranched alkanes of at least 4 members (excludes halogenated alkanes) is 1. The first kappa shape index (κ1) is 28.0. The molecule has 2 N–H and O–H groups in total. The fourth-order valence-electron chi connectivity index (χ4n) is 5.27. The lowest BCUT2D eigenvalue weighted by molar-refractivity contribution is -0.136. The van der Waals surface area contributed by atoms with Crippen molar-refractivity contribution < 1.29 is 14.4 Å². The van der Waals surface area contributed by atoms with Crippen LogP contribution in [0.1, 0.15) is 95.0 Å². The molecule has 0 aromatic heterocycles. The van der Waals surface area contributed by atoms with Crippen molar-refractivity contribution in [2.45, 2.75) is 104 Å². The molecule has 2 fully saturated rings. The standard InChI is InChI=1S/C29H46N4O3/c1-5-7-11-23-14-16-24(17-15-23)27(34)31-26(21(3)6-2)28(35)32-18-19-33(22(4)20-32)29(36)30-25-12-9-8-10-13-25/h14-17,21-22,25-26H,5-13,18-20H2,1-4H3,(H,30,36)(H,31,34). The first-order valence-corrected chi connectivity index (χ1v) is 14.1. The Kier molecular flexibility index (Phi) is 10.6. The van der Waals surface area contributed by atoms with Gasteiger partial charge in [-0.15, -0.1) is 0 Å². The molecule has 3 rings (SSSR count). The van der Waals surface area contributed by atoms with E-state index in [1.54, 1.807) is 0 Å². The second-order valence-electron chi connectivity index (χ2n) is 10.7. The lowest BCUT2D eigenvalue weighted by atomic mass is 9.95. The highest BCUT2D eigenvalue weighted by atomic mass is 16.2. The number of carbonyl (C=O) groups is 3. The number of benzene rings is 1. The van der Waals surface area contributed by atoms with E-state index in [-0.39, 0.29) is 35.8 Å². The minimum absolute atomic E-state index is 0.00760. The molecule has 1 aromatic carbocycles. The van der Waals surface area contributed by atoms with Gasteiger partial charge in [-0.2, -0.15) is 0 Å². The van der Waals surface area contributed by atoms with Gasteiger partial charge in [-0.25, -0.2) is 4.79 Å². The van der Waals surface area contributed by atoms with Gasteiger partial charge in [-0.05, 0) is 56.2 Å². The van der Waals surface area contributed by atoms with E-state index in [9.17, 15) is 14.4 Å². The fraction of sp³-hybridized carbons (Fsp3) is 0.690. The molecule has 1 aliphatic heterocycles. The summed E-state index contributed by atoms with van der Waals surface area (Å²) in [6, 6.07) is 7.30. The highest BCUT2D eigenvalue weighted by Gasteiger charge is 2.35. The predicted octanol–water partition coefficient (Wildman–Crippen LogP) is 4.75. The number of nitrogens with one attached hydrogen (secondary N) is 2. The van der Waals surface area contributed by atoms with Crippen molar-refractivity contribution in [1.29, 1.82) is 0 Å². The summed E-state index contributed by atoms with van der Waals surface area (Å²) in [5, 5.41) is 6.22. The first-order valence-electron chi connectivity index (χ1n) is 14.1. The normalized spacial score (nSPS) is 20.5. The van der Waals surface area contributed by atoms with Crippen LogP contribution < -0.4 is 10.6 Å². The highest BCUT2D eigenvalue weighted by molar-refractivity contribution is 5.97. The number of piperazine rings is 1. The van der Waals surface area contributed by atoms with Crippen LogP contribution in [0, 0.1) is 5.92 Å². The van der Waals surface area contributed by atoms with E-state index < -0.39 is 6.04 Å². The Labute approximate surface area is 217 Å². The summed E-state index contributed by atoms with van der Waals surface area (Å²) in [6.45, 7) is 9.68. The average molecular weight is 499 g/mol. The van der Waals surface area contributed by atoms with E-state index in [4.69, 9.17) is 0 Å². The third kappa shape index (κ3) is 7.47. The van der Waals surface area contributed by atoms with Crippen LogP contribution in [0.5, 0.6) is 0 Å². The van der Waals surface area contributed by atoms with Crippen LogP contribution in [-0.2, 0) is 11.2 Å². The molecule has 7 nitrogen and oxygen atoms in total. The van der Waals surface area contributed by atoms with Gasteiger partial charge in [0.05, 0.1) is 0 Å². The van der Waals surface area contributed by atoms with Gasteiger partial charge in [0.25, 0.3) is 5.91 Å². The predicted molar refractivity (Wildman–Crippen MR) is 144 cm³/mol. The van der Waals surface area contributed by atoms with Gasteiger partial charge in [-0.1, -0.05) is 65.0 Å². The molecule has 7 heteroatoms. The average Bonchev–Trinajstić information content (AvgIpc) is 2.90. The Morgan fingerprint density at radius 2 is 1.72 bits per heavy atom. The molecule has 1 aromatic rings. The summed E-state index contributed by atoms with van der Waals surface area (Å²) in [7, 11) is 0. The number of hydrogen-bond donors (Lipinski definition) is 2. The van der Waals surface area contributed by atoms with Gasteiger partial charge in [-0.3, -0.25) is 9.59 Å². The van der Waals surface area contributed by atoms with E-state index in [2.05, 4.69) is 17.6 Å². The molecule has 36 heavy (non-hydrogen) atoms. The molecule has 1 saturated heterocycles. The first-order chi connectivity index (χ1) is 17.3. The SMILES string of the molecule is CCCCc1ccc(C(=O)NC(C(=O)N2CCN(C(=O)NC3CCCCC3)C(C)C2)C(C)CC)cc1. The molecule has 0 bridgehead atoms. The van der Waals surface area contributed by atoms with E-state index in [1.807, 2.05) is 54.8 Å². The maximum Gasteiger partial charge on any atom is 0.317 e. The Bertz CT molecular complexity index is 866. The second kappa shape index (κ2) is 13.7. The summed E-state index contributed by atoms with van der Waals surface area (Å²) in [5.41, 5.74) is 1.80. The van der Waals surface area contributed by atoms with Crippen LogP contribution in [-0.4, -0.2) is 65.4 Å². The summed E-state index contributed by atoms with van der Waals surface area (Å²) in [4.78, 5) is 43.2. The van der Waals surface area contributed by atoms with Crippen molar-refractivity contribution in [2.24, 2.45) is 5.92 Å². The van der Waals surface area contributed by atoms with Gasteiger partial charge in [0.2, 0.25) is 5.91 Å². The van der Waals surface area contributed by atoms with Gasteiger partial charge >= 0.3 is 6.03 Å². The zero-order chi connectivity index (χ0) is 26.1. The third-order valence-corrected chi connectivity index (χ3v) is 7.93. The van der Waals surface area contributed by atoms with Gasteiger partial charge in [0, 0.05) is 37.3 Å². The number of amides is 4. The summed E-state index contributed by atoms with van der Waals surface area (Å²) in [6.07, 6.45) is 9.77. The Morgan fingerprint density at radius 1 is 1.03 bits per heavy atom. The van der Waals surface area contributed by atoms with Crippen molar-refractivity contribution in [3.05, 3.63) is 35.4 Å². The van der Waals surface area contributed by atoms with Crippen LogP contribution >= 0.6 is 0 Å². The molecule has 3 atom stereocenters. The van der Waals surface area contributed by atoms with Crippen molar-refractivity contribution in [3.8, 4) is 0 Å². The minimum Gasteiger partial charge on any atom is -0.340 e. The van der Waals surface area contributed by atoms with Crippen molar-refractivity contribution in [3.63, 3.8) is 0 Å². The molecule has 0 spiro atoms. The van der Waals surface area contributed by atoms with Gasteiger partial charge in [0.1, 0.15) is 6.04 Å². The van der Waals surface area contributed by atoms with E-state index in [1.165, 1.54) is 24.8 Å². The smallest absolute Gasteiger partial charge is 0.317 e. The topological polar surface area (TPSA) is 81.8 Å². The van der Waals surface area contributed by atoms with E-state index in [0.717, 1.165) is 38.5 Å². The highest BCUT2D eigenvalue weighted by Crippen LogP contribution is 2.20. The minimum atomic E-state index is -0.586. The fourth-order valence-corrected chi connectivity index (χ4v) is 5.27. The van der Waals surface area contributed by atoms with Crippen LogP contribution in [0.2, 0.25) is 0 Å². The Balaban J connectivity index is 1.59. The van der Waals surface area contributed by atoms with Crippen LogP contribution in [0.25, 0.3) is 0 Å². The zero-order valence-corrected chi connectivity index (χ0v) is 22.7.